The number of amides is 1. The van der Waals surface area contributed by atoms with E-state index in [9.17, 15) is 9.18 Å². The molecule has 4 rings (SSSR count). The van der Waals surface area contributed by atoms with Gasteiger partial charge in [0.25, 0.3) is 0 Å². The SMILES string of the molecule is O=C(Nc1cnn(Cc2cccc(F)c2)c1)C(c1ccccc1)c1ccccc1. The molecule has 0 saturated heterocycles. The first-order valence-electron chi connectivity index (χ1n) is 9.37. The van der Waals surface area contributed by atoms with Crippen molar-refractivity contribution >= 4 is 11.6 Å². The molecule has 0 fully saturated rings. The van der Waals surface area contributed by atoms with Crippen LogP contribution in [0.1, 0.15) is 22.6 Å². The molecule has 1 N–H and O–H groups in total. The number of nitrogens with one attached hydrogen (secondary N) is 1. The summed E-state index contributed by atoms with van der Waals surface area (Å²) in [6.45, 7) is 0.425. The molecule has 0 aliphatic heterocycles. The third kappa shape index (κ3) is 4.58. The zero-order valence-electron chi connectivity index (χ0n) is 15.7. The molecule has 0 aliphatic rings. The van der Waals surface area contributed by atoms with Crippen LogP contribution in [0.3, 0.4) is 0 Å². The standard InChI is InChI=1S/C24H20FN3O/c25-21-13-7-8-18(14-21)16-28-17-22(15-26-28)27-24(29)23(19-9-3-1-4-10-19)20-11-5-2-6-12-20/h1-15,17,23H,16H2,(H,27,29). The highest BCUT2D eigenvalue weighted by Crippen LogP contribution is 2.26. The van der Waals surface area contributed by atoms with Crippen molar-refractivity contribution in [3.63, 3.8) is 0 Å². The molecular formula is C24H20FN3O. The van der Waals surface area contributed by atoms with Gasteiger partial charge in [0, 0.05) is 6.20 Å². The first kappa shape index (κ1) is 18.6. The number of aromatic nitrogens is 2. The minimum atomic E-state index is -0.427. The summed E-state index contributed by atoms with van der Waals surface area (Å²) in [5.41, 5.74) is 3.24. The van der Waals surface area contributed by atoms with Gasteiger partial charge in [-0.1, -0.05) is 72.8 Å². The Balaban J connectivity index is 1.53. The molecule has 1 aromatic heterocycles. The van der Waals surface area contributed by atoms with Crippen molar-refractivity contribution < 1.29 is 9.18 Å². The molecule has 5 heteroatoms. The highest BCUT2D eigenvalue weighted by Gasteiger charge is 2.23. The Labute approximate surface area is 168 Å². The van der Waals surface area contributed by atoms with Crippen LogP contribution in [0.25, 0.3) is 0 Å². The van der Waals surface area contributed by atoms with Crippen molar-refractivity contribution in [1.29, 1.82) is 0 Å². The molecule has 4 aromatic rings. The minimum absolute atomic E-state index is 0.132. The van der Waals surface area contributed by atoms with Gasteiger partial charge in [-0.25, -0.2) is 4.39 Å². The van der Waals surface area contributed by atoms with Crippen LogP contribution in [0.2, 0.25) is 0 Å². The van der Waals surface area contributed by atoms with E-state index >= 15 is 0 Å². The smallest absolute Gasteiger partial charge is 0.236 e. The van der Waals surface area contributed by atoms with Gasteiger partial charge in [-0.3, -0.25) is 9.48 Å². The summed E-state index contributed by atoms with van der Waals surface area (Å²) >= 11 is 0. The van der Waals surface area contributed by atoms with Gasteiger partial charge in [-0.15, -0.1) is 0 Å². The lowest BCUT2D eigenvalue weighted by atomic mass is 9.90. The third-order valence-electron chi connectivity index (χ3n) is 4.66. The molecular weight excluding hydrogens is 365 g/mol. The molecule has 3 aromatic carbocycles. The fraction of sp³-hybridized carbons (Fsp3) is 0.0833. The Bertz CT molecular complexity index is 1050. The van der Waals surface area contributed by atoms with E-state index in [0.29, 0.717) is 12.2 Å². The predicted molar refractivity (Wildman–Crippen MR) is 111 cm³/mol. The summed E-state index contributed by atoms with van der Waals surface area (Å²) < 4.78 is 15.0. The maximum Gasteiger partial charge on any atom is 0.236 e. The van der Waals surface area contributed by atoms with E-state index < -0.39 is 5.92 Å². The molecule has 0 radical (unpaired) electrons. The Morgan fingerprint density at radius 2 is 1.59 bits per heavy atom. The number of benzene rings is 3. The Morgan fingerprint density at radius 1 is 0.931 bits per heavy atom. The number of carbonyl (C=O) groups is 1. The summed E-state index contributed by atoms with van der Waals surface area (Å²) in [5, 5.41) is 7.24. The quantitative estimate of drug-likeness (QED) is 0.516. The lowest BCUT2D eigenvalue weighted by molar-refractivity contribution is -0.116. The van der Waals surface area contributed by atoms with E-state index in [-0.39, 0.29) is 11.7 Å². The number of carbonyl (C=O) groups excluding carboxylic acids is 1. The van der Waals surface area contributed by atoms with E-state index in [1.165, 1.54) is 12.1 Å². The summed E-state index contributed by atoms with van der Waals surface area (Å²) in [6, 6.07) is 25.7. The number of hydrogen-bond donors (Lipinski definition) is 1. The van der Waals surface area contributed by atoms with Crippen molar-refractivity contribution in [3.05, 3.63) is 120 Å². The Hall–Kier alpha value is -3.73. The first-order valence-corrected chi connectivity index (χ1v) is 9.37. The highest BCUT2D eigenvalue weighted by molar-refractivity contribution is 5.98. The second kappa shape index (κ2) is 8.52. The van der Waals surface area contributed by atoms with Gasteiger partial charge in [0.2, 0.25) is 5.91 Å². The topological polar surface area (TPSA) is 46.9 Å². The van der Waals surface area contributed by atoms with Gasteiger partial charge in [-0.2, -0.15) is 5.10 Å². The molecule has 4 nitrogen and oxygen atoms in total. The average Bonchev–Trinajstić information content (AvgIpc) is 3.16. The number of anilines is 1. The fourth-order valence-electron chi connectivity index (χ4n) is 3.34. The summed E-state index contributed by atoms with van der Waals surface area (Å²) in [6.07, 6.45) is 3.35. The summed E-state index contributed by atoms with van der Waals surface area (Å²) in [7, 11) is 0. The van der Waals surface area contributed by atoms with Crippen molar-refractivity contribution in [2.24, 2.45) is 0 Å². The Morgan fingerprint density at radius 3 is 2.21 bits per heavy atom. The van der Waals surface area contributed by atoms with Gasteiger partial charge in [0.15, 0.2) is 0 Å². The molecule has 1 amide bonds. The second-order valence-corrected chi connectivity index (χ2v) is 6.80. The second-order valence-electron chi connectivity index (χ2n) is 6.80. The molecule has 0 atom stereocenters. The zero-order chi connectivity index (χ0) is 20.1. The monoisotopic (exact) mass is 385 g/mol. The third-order valence-corrected chi connectivity index (χ3v) is 4.66. The molecule has 0 aliphatic carbocycles. The molecule has 0 bridgehead atoms. The lowest BCUT2D eigenvalue weighted by Gasteiger charge is -2.17. The van der Waals surface area contributed by atoms with E-state index in [0.717, 1.165) is 16.7 Å². The fourth-order valence-corrected chi connectivity index (χ4v) is 3.34. The van der Waals surface area contributed by atoms with Gasteiger partial charge in [0.1, 0.15) is 5.82 Å². The lowest BCUT2D eigenvalue weighted by Crippen LogP contribution is -2.22. The number of hydrogen-bond acceptors (Lipinski definition) is 2. The normalized spacial score (nSPS) is 10.8. The average molecular weight is 385 g/mol. The van der Waals surface area contributed by atoms with Crippen LogP contribution in [0.5, 0.6) is 0 Å². The molecule has 1 heterocycles. The number of rotatable bonds is 6. The van der Waals surface area contributed by atoms with E-state index in [4.69, 9.17) is 0 Å². The maximum atomic E-state index is 13.4. The largest absolute Gasteiger partial charge is 0.323 e. The van der Waals surface area contributed by atoms with Crippen molar-refractivity contribution in [3.8, 4) is 0 Å². The summed E-state index contributed by atoms with van der Waals surface area (Å²) in [4.78, 5) is 13.1. The molecule has 0 spiro atoms. The molecule has 144 valence electrons. The maximum absolute atomic E-state index is 13.4. The van der Waals surface area contributed by atoms with Crippen LogP contribution in [-0.2, 0) is 11.3 Å². The Kier molecular flexibility index (Phi) is 5.47. The van der Waals surface area contributed by atoms with Crippen molar-refractivity contribution in [1.82, 2.24) is 9.78 Å². The van der Waals surface area contributed by atoms with Crippen LogP contribution < -0.4 is 5.32 Å². The van der Waals surface area contributed by atoms with Crippen molar-refractivity contribution in [2.45, 2.75) is 12.5 Å². The van der Waals surface area contributed by atoms with Crippen LogP contribution in [0.15, 0.2) is 97.3 Å². The van der Waals surface area contributed by atoms with Crippen LogP contribution >= 0.6 is 0 Å². The number of halogens is 1. The van der Waals surface area contributed by atoms with E-state index in [1.807, 2.05) is 66.7 Å². The van der Waals surface area contributed by atoms with Crippen LogP contribution in [0.4, 0.5) is 10.1 Å². The van der Waals surface area contributed by atoms with Gasteiger partial charge < -0.3 is 5.32 Å². The zero-order valence-corrected chi connectivity index (χ0v) is 15.7. The van der Waals surface area contributed by atoms with Crippen LogP contribution in [-0.4, -0.2) is 15.7 Å². The molecule has 0 unspecified atom stereocenters. The van der Waals surface area contributed by atoms with Gasteiger partial charge >= 0.3 is 0 Å². The predicted octanol–water partition coefficient (Wildman–Crippen LogP) is 4.84. The van der Waals surface area contributed by atoms with Crippen LogP contribution in [0, 0.1) is 5.82 Å². The first-order chi connectivity index (χ1) is 14.2. The molecule has 29 heavy (non-hydrogen) atoms. The summed E-state index contributed by atoms with van der Waals surface area (Å²) in [5.74, 6) is -0.839. The van der Waals surface area contributed by atoms with Gasteiger partial charge in [0.05, 0.1) is 24.3 Å². The molecule has 0 saturated carbocycles. The van der Waals surface area contributed by atoms with E-state index in [2.05, 4.69) is 10.4 Å². The van der Waals surface area contributed by atoms with Crippen molar-refractivity contribution in [2.75, 3.05) is 5.32 Å². The minimum Gasteiger partial charge on any atom is -0.323 e. The number of nitrogens with zero attached hydrogens (tertiary/aromatic N) is 2. The van der Waals surface area contributed by atoms with Gasteiger partial charge in [-0.05, 0) is 28.8 Å². The highest BCUT2D eigenvalue weighted by atomic mass is 19.1. The van der Waals surface area contributed by atoms with E-state index in [1.54, 1.807) is 23.1 Å².